The van der Waals surface area contributed by atoms with Crippen molar-refractivity contribution in [3.63, 3.8) is 0 Å². The Labute approximate surface area is 193 Å². The number of anilines is 2. The molecule has 0 saturated carbocycles. The standard InChI is InChI=1S/C24H26N2O6S/c1-16-5-6-18(13-17(16)2)26-33(28,29)21-10-7-19(8-11-21)32-15-24(27)25-22-14-20(30-3)9-12-23(22)31-4/h5-14,26H,15H2,1-4H3,(H,25,27). The maximum Gasteiger partial charge on any atom is 0.262 e. The Morgan fingerprint density at radius 1 is 0.848 bits per heavy atom. The number of sulfonamides is 1. The molecule has 0 radical (unpaired) electrons. The Balaban J connectivity index is 1.61. The first-order valence-electron chi connectivity index (χ1n) is 10.1. The summed E-state index contributed by atoms with van der Waals surface area (Å²) in [5, 5.41) is 2.70. The number of methoxy groups -OCH3 is 2. The van der Waals surface area contributed by atoms with Crippen LogP contribution in [0.15, 0.2) is 65.6 Å². The number of hydrogen-bond acceptors (Lipinski definition) is 6. The molecular formula is C24H26N2O6S. The summed E-state index contributed by atoms with van der Waals surface area (Å²) in [5.74, 6) is 0.996. The molecule has 0 spiro atoms. The molecular weight excluding hydrogens is 444 g/mol. The molecule has 0 aliphatic heterocycles. The van der Waals surface area contributed by atoms with Crippen LogP contribution < -0.4 is 24.2 Å². The van der Waals surface area contributed by atoms with E-state index in [0.29, 0.717) is 28.6 Å². The molecule has 174 valence electrons. The van der Waals surface area contributed by atoms with Gasteiger partial charge in [-0.3, -0.25) is 9.52 Å². The Kier molecular flexibility index (Phi) is 7.44. The van der Waals surface area contributed by atoms with Crippen molar-refractivity contribution in [3.8, 4) is 17.2 Å². The van der Waals surface area contributed by atoms with Gasteiger partial charge in [-0.15, -0.1) is 0 Å². The molecule has 0 aromatic heterocycles. The van der Waals surface area contributed by atoms with E-state index in [2.05, 4.69) is 10.0 Å². The van der Waals surface area contributed by atoms with E-state index in [1.54, 1.807) is 30.3 Å². The van der Waals surface area contributed by atoms with Crippen molar-refractivity contribution in [2.45, 2.75) is 18.7 Å². The summed E-state index contributed by atoms with van der Waals surface area (Å²) < 4.78 is 43.8. The Morgan fingerprint density at radius 3 is 2.18 bits per heavy atom. The van der Waals surface area contributed by atoms with Crippen LogP contribution in [-0.4, -0.2) is 35.2 Å². The third kappa shape index (κ3) is 6.17. The highest BCUT2D eigenvalue weighted by molar-refractivity contribution is 7.92. The van der Waals surface area contributed by atoms with Gasteiger partial charge in [0.2, 0.25) is 0 Å². The molecule has 0 aliphatic carbocycles. The smallest absolute Gasteiger partial charge is 0.262 e. The number of rotatable bonds is 9. The normalized spacial score (nSPS) is 10.9. The van der Waals surface area contributed by atoms with Gasteiger partial charge >= 0.3 is 0 Å². The summed E-state index contributed by atoms with van der Waals surface area (Å²) in [6.45, 7) is 3.60. The van der Waals surface area contributed by atoms with Gasteiger partial charge in [0, 0.05) is 11.8 Å². The molecule has 0 fully saturated rings. The van der Waals surface area contributed by atoms with Gasteiger partial charge in [0.1, 0.15) is 17.2 Å². The predicted octanol–water partition coefficient (Wildman–Crippen LogP) is 4.14. The number of amides is 1. The van der Waals surface area contributed by atoms with E-state index < -0.39 is 15.9 Å². The fourth-order valence-corrected chi connectivity index (χ4v) is 4.03. The minimum Gasteiger partial charge on any atom is -0.497 e. The van der Waals surface area contributed by atoms with Crippen LogP contribution in [0, 0.1) is 13.8 Å². The van der Waals surface area contributed by atoms with Crippen molar-refractivity contribution in [2.75, 3.05) is 30.9 Å². The van der Waals surface area contributed by atoms with E-state index in [0.717, 1.165) is 11.1 Å². The van der Waals surface area contributed by atoms with Gasteiger partial charge in [-0.2, -0.15) is 0 Å². The highest BCUT2D eigenvalue weighted by atomic mass is 32.2. The zero-order valence-corrected chi connectivity index (χ0v) is 19.7. The quantitative estimate of drug-likeness (QED) is 0.487. The zero-order chi connectivity index (χ0) is 24.0. The first kappa shape index (κ1) is 23.9. The van der Waals surface area contributed by atoms with E-state index in [4.69, 9.17) is 14.2 Å². The summed E-state index contributed by atoms with van der Waals surface area (Å²) in [5.41, 5.74) is 3.00. The van der Waals surface area contributed by atoms with Crippen molar-refractivity contribution in [3.05, 3.63) is 71.8 Å². The molecule has 3 aromatic carbocycles. The molecule has 0 bridgehead atoms. The molecule has 0 unspecified atom stereocenters. The van der Waals surface area contributed by atoms with E-state index in [1.165, 1.54) is 38.5 Å². The van der Waals surface area contributed by atoms with Gasteiger partial charge in [0.15, 0.2) is 6.61 Å². The van der Waals surface area contributed by atoms with Gasteiger partial charge in [-0.05, 0) is 73.5 Å². The van der Waals surface area contributed by atoms with Gasteiger partial charge < -0.3 is 19.5 Å². The van der Waals surface area contributed by atoms with E-state index >= 15 is 0 Å². The molecule has 0 atom stereocenters. The van der Waals surface area contributed by atoms with Gasteiger partial charge in [0.25, 0.3) is 15.9 Å². The van der Waals surface area contributed by atoms with Gasteiger partial charge in [-0.1, -0.05) is 6.07 Å². The average molecular weight is 471 g/mol. The zero-order valence-electron chi connectivity index (χ0n) is 18.8. The fourth-order valence-electron chi connectivity index (χ4n) is 2.98. The van der Waals surface area contributed by atoms with Crippen LogP contribution in [-0.2, 0) is 14.8 Å². The SMILES string of the molecule is COc1ccc(OC)c(NC(=O)COc2ccc(S(=O)(=O)Nc3ccc(C)c(C)c3)cc2)c1. The van der Waals surface area contributed by atoms with Crippen molar-refractivity contribution in [1.82, 2.24) is 0 Å². The third-order valence-electron chi connectivity index (χ3n) is 4.94. The molecule has 3 aromatic rings. The van der Waals surface area contributed by atoms with Crippen molar-refractivity contribution in [2.24, 2.45) is 0 Å². The molecule has 8 nitrogen and oxygen atoms in total. The number of aryl methyl sites for hydroxylation is 2. The van der Waals surface area contributed by atoms with E-state index in [1.807, 2.05) is 19.9 Å². The highest BCUT2D eigenvalue weighted by Crippen LogP contribution is 2.29. The van der Waals surface area contributed by atoms with Crippen LogP contribution in [0.4, 0.5) is 11.4 Å². The van der Waals surface area contributed by atoms with Crippen molar-refractivity contribution < 1.29 is 27.4 Å². The lowest BCUT2D eigenvalue weighted by Gasteiger charge is -2.13. The number of carbonyl (C=O) groups excluding carboxylic acids is 1. The fraction of sp³-hybridized carbons (Fsp3) is 0.208. The molecule has 1 amide bonds. The first-order chi connectivity index (χ1) is 15.7. The molecule has 33 heavy (non-hydrogen) atoms. The largest absolute Gasteiger partial charge is 0.497 e. The molecule has 3 rings (SSSR count). The molecule has 0 saturated heterocycles. The molecule has 2 N–H and O–H groups in total. The number of nitrogens with one attached hydrogen (secondary N) is 2. The molecule has 9 heteroatoms. The van der Waals surface area contributed by atoms with Crippen LogP contribution >= 0.6 is 0 Å². The first-order valence-corrected chi connectivity index (χ1v) is 11.5. The monoisotopic (exact) mass is 470 g/mol. The summed E-state index contributed by atoms with van der Waals surface area (Å²) in [7, 11) is -0.733. The van der Waals surface area contributed by atoms with Crippen molar-refractivity contribution in [1.29, 1.82) is 0 Å². The highest BCUT2D eigenvalue weighted by Gasteiger charge is 2.15. The van der Waals surface area contributed by atoms with Crippen LogP contribution in [0.2, 0.25) is 0 Å². The second-order valence-corrected chi connectivity index (χ2v) is 8.96. The maximum absolute atomic E-state index is 12.7. The lowest BCUT2D eigenvalue weighted by molar-refractivity contribution is -0.118. The Morgan fingerprint density at radius 2 is 1.55 bits per heavy atom. The maximum atomic E-state index is 12.7. The number of ether oxygens (including phenoxy) is 3. The van der Waals surface area contributed by atoms with E-state index in [9.17, 15) is 13.2 Å². The summed E-state index contributed by atoms with van der Waals surface area (Å²) >= 11 is 0. The summed E-state index contributed by atoms with van der Waals surface area (Å²) in [4.78, 5) is 12.4. The number of benzene rings is 3. The Hall–Kier alpha value is -3.72. The Bertz CT molecular complexity index is 1240. The van der Waals surface area contributed by atoms with Crippen LogP contribution in [0.25, 0.3) is 0 Å². The van der Waals surface area contributed by atoms with Crippen LogP contribution in [0.3, 0.4) is 0 Å². The lowest BCUT2D eigenvalue weighted by Crippen LogP contribution is -2.20. The second kappa shape index (κ2) is 10.3. The topological polar surface area (TPSA) is 103 Å². The van der Waals surface area contributed by atoms with Crippen molar-refractivity contribution >= 4 is 27.3 Å². The summed E-state index contributed by atoms with van der Waals surface area (Å²) in [6, 6.07) is 16.2. The third-order valence-corrected chi connectivity index (χ3v) is 6.34. The van der Waals surface area contributed by atoms with Crippen LogP contribution in [0.5, 0.6) is 17.2 Å². The lowest BCUT2D eigenvalue weighted by atomic mass is 10.1. The summed E-state index contributed by atoms with van der Waals surface area (Å²) in [6.07, 6.45) is 0. The minimum atomic E-state index is -3.76. The van der Waals surface area contributed by atoms with E-state index in [-0.39, 0.29) is 11.5 Å². The second-order valence-electron chi connectivity index (χ2n) is 7.28. The number of carbonyl (C=O) groups is 1. The van der Waals surface area contributed by atoms with Gasteiger partial charge in [0.05, 0.1) is 24.8 Å². The predicted molar refractivity (Wildman–Crippen MR) is 127 cm³/mol. The average Bonchev–Trinajstić information content (AvgIpc) is 2.80. The van der Waals surface area contributed by atoms with Crippen LogP contribution in [0.1, 0.15) is 11.1 Å². The van der Waals surface area contributed by atoms with Gasteiger partial charge in [-0.25, -0.2) is 8.42 Å². The minimum absolute atomic E-state index is 0.0821. The number of hydrogen-bond donors (Lipinski definition) is 2. The molecule has 0 heterocycles. The molecule has 0 aliphatic rings.